The van der Waals surface area contributed by atoms with Crippen LogP contribution in [0.2, 0.25) is 0 Å². The first-order valence-corrected chi connectivity index (χ1v) is 7.71. The van der Waals surface area contributed by atoms with Gasteiger partial charge >= 0.3 is 0 Å². The van der Waals surface area contributed by atoms with Crippen molar-refractivity contribution >= 4 is 11.4 Å². The molecule has 1 aromatic carbocycles. The summed E-state index contributed by atoms with van der Waals surface area (Å²) >= 11 is 0. The smallest absolute Gasteiger partial charge is 0.159 e. The number of ketones is 1. The average Bonchev–Trinajstić information content (AvgIpc) is 3.05. The predicted octanol–water partition coefficient (Wildman–Crippen LogP) is 4.27. The fourth-order valence-corrected chi connectivity index (χ4v) is 2.78. The summed E-state index contributed by atoms with van der Waals surface area (Å²) in [6.45, 7) is 1.57. The highest BCUT2D eigenvalue weighted by Gasteiger charge is 2.08. The third-order valence-corrected chi connectivity index (χ3v) is 4.11. The Hall–Kier alpha value is -3.27. The summed E-state index contributed by atoms with van der Waals surface area (Å²) in [5.41, 5.74) is 5.84. The zero-order valence-electron chi connectivity index (χ0n) is 13.2. The number of nitrogens with zero attached hydrogens (tertiary/aromatic N) is 3. The van der Waals surface area contributed by atoms with Crippen LogP contribution in [0.25, 0.3) is 28.0 Å². The molecule has 0 aliphatic rings. The number of hydrogen-bond donors (Lipinski definition) is 0. The molecule has 0 aliphatic heterocycles. The molecule has 0 fully saturated rings. The van der Waals surface area contributed by atoms with Crippen LogP contribution in [0.5, 0.6) is 0 Å². The molecule has 0 bridgehead atoms. The molecule has 0 aliphatic carbocycles. The quantitative estimate of drug-likeness (QED) is 0.531. The van der Waals surface area contributed by atoms with Crippen molar-refractivity contribution in [2.45, 2.75) is 6.92 Å². The Morgan fingerprint density at radius 1 is 0.875 bits per heavy atom. The topological polar surface area (TPSA) is 47.3 Å². The summed E-state index contributed by atoms with van der Waals surface area (Å²) in [5.74, 6) is 0.0691. The van der Waals surface area contributed by atoms with Crippen LogP contribution in [0.3, 0.4) is 0 Å². The molecule has 0 unspecified atom stereocenters. The first kappa shape index (κ1) is 14.3. The lowest BCUT2D eigenvalue weighted by molar-refractivity contribution is 0.101. The maximum atomic E-state index is 11.4. The number of imidazole rings is 1. The predicted molar refractivity (Wildman–Crippen MR) is 93.9 cm³/mol. The second-order valence-electron chi connectivity index (χ2n) is 5.66. The van der Waals surface area contributed by atoms with E-state index in [1.165, 1.54) is 0 Å². The van der Waals surface area contributed by atoms with Gasteiger partial charge in [-0.15, -0.1) is 0 Å². The van der Waals surface area contributed by atoms with Gasteiger partial charge in [0.1, 0.15) is 5.65 Å². The van der Waals surface area contributed by atoms with Gasteiger partial charge in [0.25, 0.3) is 0 Å². The standard InChI is InChI=1S/C20H15N3O/c1-14(24)15-2-4-17(5-3-15)19-12-22-20-7-6-18(13-23(19)20)16-8-10-21-11-9-16/h2-13H,1H3. The van der Waals surface area contributed by atoms with Crippen LogP contribution < -0.4 is 0 Å². The molecule has 0 saturated carbocycles. The molecule has 116 valence electrons. The first-order chi connectivity index (χ1) is 11.7. The summed E-state index contributed by atoms with van der Waals surface area (Å²) < 4.78 is 2.07. The van der Waals surface area contributed by atoms with Crippen LogP contribution in [-0.2, 0) is 0 Å². The highest BCUT2D eigenvalue weighted by molar-refractivity contribution is 5.94. The van der Waals surface area contributed by atoms with Gasteiger partial charge in [-0.25, -0.2) is 4.98 Å². The summed E-state index contributed by atoms with van der Waals surface area (Å²) in [4.78, 5) is 20.0. The summed E-state index contributed by atoms with van der Waals surface area (Å²) in [6.07, 6.45) is 7.50. The highest BCUT2D eigenvalue weighted by atomic mass is 16.1. The van der Waals surface area contributed by atoms with Crippen LogP contribution in [0, 0.1) is 0 Å². The van der Waals surface area contributed by atoms with Gasteiger partial charge < -0.3 is 0 Å². The van der Waals surface area contributed by atoms with Gasteiger partial charge in [-0.1, -0.05) is 24.3 Å². The minimum atomic E-state index is 0.0691. The Kier molecular flexibility index (Phi) is 3.43. The maximum absolute atomic E-state index is 11.4. The Balaban J connectivity index is 1.83. The molecule has 3 heterocycles. The number of rotatable bonds is 3. The van der Waals surface area contributed by atoms with Gasteiger partial charge in [0, 0.05) is 29.7 Å². The first-order valence-electron chi connectivity index (χ1n) is 7.71. The molecule has 0 spiro atoms. The Morgan fingerprint density at radius 3 is 2.29 bits per heavy atom. The van der Waals surface area contributed by atoms with Crippen molar-refractivity contribution in [3.8, 4) is 22.4 Å². The van der Waals surface area contributed by atoms with Crippen LogP contribution in [0.1, 0.15) is 17.3 Å². The lowest BCUT2D eigenvalue weighted by Gasteiger charge is -2.06. The van der Waals surface area contributed by atoms with E-state index in [9.17, 15) is 4.79 Å². The van der Waals surface area contributed by atoms with E-state index < -0.39 is 0 Å². The van der Waals surface area contributed by atoms with Crippen molar-refractivity contribution < 1.29 is 4.79 Å². The summed E-state index contributed by atoms with van der Waals surface area (Å²) in [7, 11) is 0. The molecule has 3 aromatic heterocycles. The summed E-state index contributed by atoms with van der Waals surface area (Å²) in [5, 5.41) is 0. The molecule has 24 heavy (non-hydrogen) atoms. The van der Waals surface area contributed by atoms with E-state index >= 15 is 0 Å². The Morgan fingerprint density at radius 2 is 1.58 bits per heavy atom. The van der Waals surface area contributed by atoms with Gasteiger partial charge in [-0.2, -0.15) is 0 Å². The van der Waals surface area contributed by atoms with E-state index in [2.05, 4.69) is 26.6 Å². The molecule has 0 radical (unpaired) electrons. The number of fused-ring (bicyclic) bond motifs is 1. The number of pyridine rings is 2. The van der Waals surface area contributed by atoms with Crippen LogP contribution in [-0.4, -0.2) is 20.2 Å². The van der Waals surface area contributed by atoms with Gasteiger partial charge in [0.15, 0.2) is 5.78 Å². The van der Waals surface area contributed by atoms with Gasteiger partial charge in [-0.3, -0.25) is 14.2 Å². The summed E-state index contributed by atoms with van der Waals surface area (Å²) in [6, 6.07) is 15.6. The van der Waals surface area contributed by atoms with Crippen molar-refractivity contribution in [3.63, 3.8) is 0 Å². The molecular weight excluding hydrogens is 298 g/mol. The zero-order chi connectivity index (χ0) is 16.5. The second-order valence-corrected chi connectivity index (χ2v) is 5.66. The van der Waals surface area contributed by atoms with Gasteiger partial charge in [0.05, 0.1) is 11.9 Å². The number of carbonyl (C=O) groups excluding carboxylic acids is 1. The third kappa shape index (κ3) is 2.48. The van der Waals surface area contributed by atoms with Crippen molar-refractivity contribution in [1.82, 2.24) is 14.4 Å². The lowest BCUT2D eigenvalue weighted by Crippen LogP contribution is -1.93. The fourth-order valence-electron chi connectivity index (χ4n) is 2.78. The molecule has 4 rings (SSSR count). The largest absolute Gasteiger partial charge is 0.299 e. The van der Waals surface area contributed by atoms with Crippen molar-refractivity contribution in [1.29, 1.82) is 0 Å². The second kappa shape index (κ2) is 5.74. The van der Waals surface area contributed by atoms with Crippen molar-refractivity contribution in [2.24, 2.45) is 0 Å². The van der Waals surface area contributed by atoms with Crippen molar-refractivity contribution in [2.75, 3.05) is 0 Å². The fraction of sp³-hybridized carbons (Fsp3) is 0.0500. The van der Waals surface area contributed by atoms with E-state index in [1.807, 2.05) is 48.7 Å². The van der Waals surface area contributed by atoms with E-state index in [0.29, 0.717) is 5.56 Å². The number of benzene rings is 1. The number of carbonyl (C=O) groups is 1. The van der Waals surface area contributed by atoms with Crippen LogP contribution >= 0.6 is 0 Å². The van der Waals surface area contributed by atoms with Crippen LogP contribution in [0.4, 0.5) is 0 Å². The van der Waals surface area contributed by atoms with E-state index in [-0.39, 0.29) is 5.78 Å². The third-order valence-electron chi connectivity index (χ3n) is 4.11. The van der Waals surface area contributed by atoms with Crippen molar-refractivity contribution in [3.05, 3.63) is 78.9 Å². The number of aromatic nitrogens is 3. The SMILES string of the molecule is CC(=O)c1ccc(-c2cnc3ccc(-c4ccncc4)cn23)cc1. The molecule has 4 heteroatoms. The number of hydrogen-bond acceptors (Lipinski definition) is 3. The Bertz CT molecular complexity index is 1020. The van der Waals surface area contributed by atoms with E-state index in [0.717, 1.165) is 28.0 Å². The van der Waals surface area contributed by atoms with E-state index in [1.54, 1.807) is 19.3 Å². The molecule has 4 nitrogen and oxygen atoms in total. The molecule has 0 amide bonds. The maximum Gasteiger partial charge on any atom is 0.159 e. The van der Waals surface area contributed by atoms with E-state index in [4.69, 9.17) is 0 Å². The Labute approximate surface area is 139 Å². The highest BCUT2D eigenvalue weighted by Crippen LogP contribution is 2.25. The van der Waals surface area contributed by atoms with Crippen LogP contribution in [0.15, 0.2) is 73.3 Å². The van der Waals surface area contributed by atoms with Gasteiger partial charge in [-0.05, 0) is 42.3 Å². The normalized spacial score (nSPS) is 10.9. The zero-order valence-corrected chi connectivity index (χ0v) is 13.2. The minimum Gasteiger partial charge on any atom is -0.299 e. The molecule has 0 N–H and O–H groups in total. The average molecular weight is 313 g/mol. The number of Topliss-reactive ketones (excluding diaryl/α,β-unsaturated/α-hetero) is 1. The monoisotopic (exact) mass is 313 g/mol. The molecule has 0 atom stereocenters. The molecule has 4 aromatic rings. The molecule has 0 saturated heterocycles. The minimum absolute atomic E-state index is 0.0691. The molecular formula is C20H15N3O. The van der Waals surface area contributed by atoms with Gasteiger partial charge in [0.2, 0.25) is 0 Å². The lowest BCUT2D eigenvalue weighted by atomic mass is 10.1.